The molecule has 0 aliphatic carbocycles. The average molecular weight is 1200 g/mol. The molecule has 426 valence electrons. The number of nitrogens with one attached hydrogen (secondary N) is 1. The maximum Gasteiger partial charge on any atom is 0.588 e. The van der Waals surface area contributed by atoms with Gasteiger partial charge in [-0.3, -0.25) is 14.1 Å². The molecular weight excluding hydrogens is 1120 g/mol. The Morgan fingerprint density at radius 2 is 1.09 bits per heavy atom. The van der Waals surface area contributed by atoms with Crippen LogP contribution in [-0.2, 0) is 47.1 Å². The number of hydrogen-bond donors (Lipinski definition) is 2. The van der Waals surface area contributed by atoms with Gasteiger partial charge in [-0.05, 0) is 43.5 Å². The molecule has 1 aliphatic rings. The van der Waals surface area contributed by atoms with E-state index in [0.717, 1.165) is 64.2 Å². The Morgan fingerprint density at radius 3 is 1.59 bits per heavy atom. The lowest BCUT2D eigenvalue weighted by Gasteiger charge is -2.44. The van der Waals surface area contributed by atoms with E-state index < -0.39 is 103 Å². The van der Waals surface area contributed by atoms with E-state index >= 15 is 4.57 Å². The third-order valence-electron chi connectivity index (χ3n) is 11.8. The highest BCUT2D eigenvalue weighted by Gasteiger charge is 2.54. The summed E-state index contributed by atoms with van der Waals surface area (Å²) in [7, 11) is -5.00. The van der Waals surface area contributed by atoms with E-state index in [4.69, 9.17) is 112 Å². The summed E-state index contributed by atoms with van der Waals surface area (Å²) >= 11 is 34.8. The van der Waals surface area contributed by atoms with Crippen molar-refractivity contribution < 1.29 is 70.8 Å². The molecule has 6 atom stereocenters. The van der Waals surface area contributed by atoms with Gasteiger partial charge < -0.3 is 47.9 Å². The molecule has 1 unspecified atom stereocenters. The number of amides is 1. The molecule has 2 N–H and O–H groups in total. The molecule has 75 heavy (non-hydrogen) atoms. The molecule has 1 saturated heterocycles. The number of unbranched alkanes of at least 4 members (excludes halogenated alkanes) is 18. The Hall–Kier alpha value is -2.63. The maximum absolute atomic E-state index is 15.0. The van der Waals surface area contributed by atoms with E-state index in [1.54, 1.807) is 36.4 Å². The van der Waals surface area contributed by atoms with Crippen LogP contribution in [0.15, 0.2) is 60.7 Å². The third kappa shape index (κ3) is 30.9. The summed E-state index contributed by atoms with van der Waals surface area (Å²) in [5, 5.41) is 13.9. The zero-order valence-electron chi connectivity index (χ0n) is 43.0. The molecule has 2 aromatic rings. The Morgan fingerprint density at radius 1 is 0.627 bits per heavy atom. The standard InChI is InChI=1S/C52H76Cl6NO15P/c1-3-5-7-9-11-13-14-16-18-20-28-34-43(60)69-41(33-23-19-17-15-12-10-8-6-4-2)35-44(61)71-47-45(59-49(63)67-37-51(53,54)55)48(62)70-42(36-66-50(64)68-38-52(56,57)58)46(47)74-75(65,72-39-29-24-21-25-30-39)73-40-31-26-22-27-32-40/h21-22,24-27,29-32,41-42,45-48,62H,3-20,23,28,33-38H2,1-2H3,(H,59,63)/t41?,42-,45-,46-,47-,48+/m1/s1. The van der Waals surface area contributed by atoms with E-state index in [2.05, 4.69) is 19.2 Å². The van der Waals surface area contributed by atoms with Crippen LogP contribution in [0.4, 0.5) is 9.59 Å². The number of para-hydroxylation sites is 2. The highest BCUT2D eigenvalue weighted by Crippen LogP contribution is 2.52. The summed E-state index contributed by atoms with van der Waals surface area (Å²) in [6, 6.07) is 13.7. The normalized spacial score (nSPS) is 18.3. The molecule has 1 fully saturated rings. The number of alkyl carbamates (subject to hydrolysis) is 1. The van der Waals surface area contributed by atoms with Gasteiger partial charge in [-0.25, -0.2) is 14.2 Å². The molecule has 1 heterocycles. The number of phosphoric ester groups is 1. The monoisotopic (exact) mass is 1200 g/mol. The van der Waals surface area contributed by atoms with Crippen LogP contribution in [0.1, 0.15) is 162 Å². The van der Waals surface area contributed by atoms with Crippen molar-refractivity contribution in [2.45, 2.75) is 206 Å². The molecular formula is C52H76Cl6NO15P. The van der Waals surface area contributed by atoms with Gasteiger partial charge in [-0.2, -0.15) is 0 Å². The third-order valence-corrected chi connectivity index (χ3v) is 13.8. The Bertz CT molecular complexity index is 1910. The number of carbonyl (C=O) groups is 4. The molecule has 1 aliphatic heterocycles. The second-order valence-electron chi connectivity index (χ2n) is 18.4. The molecule has 0 spiro atoms. The first-order valence-corrected chi connectivity index (χ1v) is 29.9. The first kappa shape index (κ1) is 66.6. The van der Waals surface area contributed by atoms with E-state index in [1.807, 2.05) is 0 Å². The lowest BCUT2D eigenvalue weighted by molar-refractivity contribution is -0.255. The number of ether oxygens (including phenoxy) is 6. The van der Waals surface area contributed by atoms with E-state index in [9.17, 15) is 24.3 Å². The van der Waals surface area contributed by atoms with Crippen molar-refractivity contribution in [2.75, 3.05) is 19.8 Å². The number of hydrogen-bond acceptors (Lipinski definition) is 15. The minimum absolute atomic E-state index is 0.00410. The van der Waals surface area contributed by atoms with Crippen molar-refractivity contribution in [3.63, 3.8) is 0 Å². The number of alkyl halides is 6. The van der Waals surface area contributed by atoms with Crippen LogP contribution in [0, 0.1) is 0 Å². The largest absolute Gasteiger partial charge is 0.588 e. The Labute approximate surface area is 472 Å². The number of halogens is 6. The highest BCUT2D eigenvalue weighted by molar-refractivity contribution is 7.49. The number of carbonyl (C=O) groups excluding carboxylic acids is 4. The number of benzene rings is 2. The van der Waals surface area contributed by atoms with Gasteiger partial charge in [0.2, 0.25) is 7.59 Å². The van der Waals surface area contributed by atoms with E-state index in [0.29, 0.717) is 19.3 Å². The average Bonchev–Trinajstić information content (AvgIpc) is 3.35. The minimum atomic E-state index is -5.00. The van der Waals surface area contributed by atoms with Crippen LogP contribution >= 0.6 is 77.4 Å². The van der Waals surface area contributed by atoms with Crippen LogP contribution in [0.5, 0.6) is 11.5 Å². The van der Waals surface area contributed by atoms with Crippen LogP contribution in [0.3, 0.4) is 0 Å². The predicted molar refractivity (Wildman–Crippen MR) is 291 cm³/mol. The molecule has 3 rings (SSSR count). The van der Waals surface area contributed by atoms with E-state index in [1.165, 1.54) is 75.6 Å². The first-order chi connectivity index (χ1) is 35.8. The van der Waals surface area contributed by atoms with Crippen molar-refractivity contribution in [1.29, 1.82) is 0 Å². The summed E-state index contributed by atoms with van der Waals surface area (Å²) in [6.45, 7) is 2.01. The summed E-state index contributed by atoms with van der Waals surface area (Å²) in [4.78, 5) is 53.9. The molecule has 0 aromatic heterocycles. The lowest BCUT2D eigenvalue weighted by Crippen LogP contribution is -2.66. The van der Waals surface area contributed by atoms with Crippen LogP contribution in [-0.4, -0.2) is 93.4 Å². The summed E-state index contributed by atoms with van der Waals surface area (Å²) in [5.41, 5.74) is 0. The lowest BCUT2D eigenvalue weighted by atomic mass is 9.96. The fourth-order valence-corrected chi connectivity index (χ4v) is 9.78. The Balaban J connectivity index is 1.96. The minimum Gasteiger partial charge on any atom is -0.462 e. The smallest absolute Gasteiger partial charge is 0.462 e. The van der Waals surface area contributed by atoms with Gasteiger partial charge in [-0.1, -0.05) is 235 Å². The van der Waals surface area contributed by atoms with Crippen molar-refractivity contribution in [1.82, 2.24) is 5.32 Å². The van der Waals surface area contributed by atoms with Gasteiger partial charge in [0.1, 0.15) is 55.7 Å². The molecule has 0 bridgehead atoms. The van der Waals surface area contributed by atoms with Crippen LogP contribution in [0.25, 0.3) is 0 Å². The fraction of sp³-hybridized carbons (Fsp3) is 0.692. The van der Waals surface area contributed by atoms with Crippen molar-refractivity contribution in [3.8, 4) is 11.5 Å². The van der Waals surface area contributed by atoms with Gasteiger partial charge in [0.05, 0.1) is 6.42 Å². The SMILES string of the molecule is CCCCCCCCCCCCCC(=O)OC(CCCCCCCCCCC)CC(=O)O[C@@H]1[C@@H](NC(=O)OCC(Cl)(Cl)Cl)[C@@H](O)O[C@H](COC(=O)OCC(Cl)(Cl)Cl)[C@H]1OP(=O)(Oc1ccccc1)Oc1ccccc1. The van der Waals surface area contributed by atoms with Gasteiger partial charge in [-0.15, -0.1) is 0 Å². The second kappa shape index (κ2) is 37.3. The molecule has 16 nitrogen and oxygen atoms in total. The number of phosphoric acid groups is 1. The topological polar surface area (TPSA) is 201 Å². The molecule has 2 aromatic carbocycles. The summed E-state index contributed by atoms with van der Waals surface area (Å²) in [5.74, 6) is -1.47. The molecule has 23 heteroatoms. The number of aliphatic hydroxyl groups is 1. The number of esters is 2. The van der Waals surface area contributed by atoms with Gasteiger partial charge in [0, 0.05) is 6.42 Å². The van der Waals surface area contributed by atoms with Crippen molar-refractivity contribution in [2.24, 2.45) is 0 Å². The Kier molecular flexibility index (Phi) is 33.1. The molecule has 0 saturated carbocycles. The highest BCUT2D eigenvalue weighted by atomic mass is 35.6. The maximum atomic E-state index is 15.0. The van der Waals surface area contributed by atoms with Crippen LogP contribution in [0.2, 0.25) is 0 Å². The zero-order chi connectivity index (χ0) is 55.0. The summed E-state index contributed by atoms with van der Waals surface area (Å²) < 4.78 is 62.0. The van der Waals surface area contributed by atoms with Gasteiger partial charge >= 0.3 is 32.0 Å². The number of aliphatic hydroxyl groups excluding tert-OH is 1. The van der Waals surface area contributed by atoms with Crippen molar-refractivity contribution in [3.05, 3.63) is 60.7 Å². The number of rotatable bonds is 37. The predicted octanol–water partition coefficient (Wildman–Crippen LogP) is 15.2. The second-order valence-corrected chi connectivity index (χ2v) is 24.9. The van der Waals surface area contributed by atoms with Crippen molar-refractivity contribution >= 4 is 102 Å². The first-order valence-electron chi connectivity index (χ1n) is 26.2. The van der Waals surface area contributed by atoms with Crippen LogP contribution < -0.4 is 14.4 Å². The molecule has 0 radical (unpaired) electrons. The zero-order valence-corrected chi connectivity index (χ0v) is 48.4. The summed E-state index contributed by atoms with van der Waals surface area (Å²) in [6.07, 6.45) is 10.1. The quantitative estimate of drug-likeness (QED) is 0.0213. The fourth-order valence-electron chi connectivity index (χ4n) is 8.01. The van der Waals surface area contributed by atoms with Gasteiger partial charge in [0.25, 0.3) is 0 Å². The van der Waals surface area contributed by atoms with Gasteiger partial charge in [0.15, 0.2) is 12.4 Å². The molecule has 1 amide bonds. The van der Waals surface area contributed by atoms with E-state index in [-0.39, 0.29) is 17.9 Å².